The highest BCUT2D eigenvalue weighted by Crippen LogP contribution is 2.38. The van der Waals surface area contributed by atoms with Gasteiger partial charge in [-0.3, -0.25) is 9.48 Å². The lowest BCUT2D eigenvalue weighted by Crippen LogP contribution is -2.29. The maximum absolute atomic E-state index is 13.9. The van der Waals surface area contributed by atoms with Gasteiger partial charge in [0.25, 0.3) is 0 Å². The van der Waals surface area contributed by atoms with Crippen molar-refractivity contribution in [3.05, 3.63) is 81.0 Å². The van der Waals surface area contributed by atoms with E-state index < -0.39 is 47.7 Å². The number of nitrogens with zero attached hydrogens (tertiary/aromatic N) is 2. The van der Waals surface area contributed by atoms with Gasteiger partial charge < -0.3 is 15.7 Å². The van der Waals surface area contributed by atoms with Crippen LogP contribution in [0.2, 0.25) is 0 Å². The minimum Gasteiger partial charge on any atom is -0.481 e. The Labute approximate surface area is 283 Å². The summed E-state index contributed by atoms with van der Waals surface area (Å²) in [5.74, 6) is -0.206. The summed E-state index contributed by atoms with van der Waals surface area (Å²) in [4.78, 5) is 11.0. The van der Waals surface area contributed by atoms with Crippen LogP contribution in [0.15, 0.2) is 36.4 Å². The molecule has 2 aromatic carbocycles. The number of hydrogen-bond acceptors (Lipinski definition) is 4. The van der Waals surface area contributed by atoms with Crippen LogP contribution in [0.25, 0.3) is 0 Å². The van der Waals surface area contributed by atoms with E-state index in [1.54, 1.807) is 6.92 Å². The van der Waals surface area contributed by atoms with E-state index in [9.17, 15) is 44.3 Å². The van der Waals surface area contributed by atoms with Gasteiger partial charge in [-0.2, -0.15) is 44.6 Å². The van der Waals surface area contributed by atoms with E-state index in [2.05, 4.69) is 15.7 Å². The second-order valence-corrected chi connectivity index (χ2v) is 12.6. The zero-order valence-corrected chi connectivity index (χ0v) is 27.7. The molecule has 0 saturated heterocycles. The second kappa shape index (κ2) is 15.6. The fraction of sp³-hybridized carbons (Fsp3) is 0.515. The van der Waals surface area contributed by atoms with Crippen LogP contribution >= 0.6 is 12.4 Å². The predicted octanol–water partition coefficient (Wildman–Crippen LogP) is 9.57. The van der Waals surface area contributed by atoms with E-state index in [1.165, 1.54) is 23.7 Å². The largest absolute Gasteiger partial charge is 0.481 e. The van der Waals surface area contributed by atoms with Crippen LogP contribution in [0.5, 0.6) is 0 Å². The number of aromatic nitrogens is 2. The molecular formula is C33H38ClF9N4O2. The molecule has 49 heavy (non-hydrogen) atoms. The number of alkyl halides is 9. The summed E-state index contributed by atoms with van der Waals surface area (Å²) in [6.45, 7) is 4.87. The standard InChI is InChI=1S/C33H37F9N4O2.ClH/c1-18-8-27(20(3)43-15-22-6-4-21(5-7-22)12-30(47)48)24(13-28(18)33(40,41)42)16-44-29-9-19(2)46(45-29)17-23-10-25(31(34,35)36)14-26(11-23)32(37,38)39;/h8-11,13-14,20-22,43H,4-7,12,15-17H2,1-3H3,(H,44,45)(H,47,48);1H. The maximum atomic E-state index is 13.9. The highest BCUT2D eigenvalue weighted by Gasteiger charge is 2.37. The van der Waals surface area contributed by atoms with Gasteiger partial charge in [-0.1, -0.05) is 6.07 Å². The second-order valence-electron chi connectivity index (χ2n) is 12.6. The molecule has 0 spiro atoms. The minimum atomic E-state index is -5.00. The number of halogens is 10. The third-order valence-corrected chi connectivity index (χ3v) is 8.82. The highest BCUT2D eigenvalue weighted by molar-refractivity contribution is 5.85. The van der Waals surface area contributed by atoms with Gasteiger partial charge >= 0.3 is 24.5 Å². The monoisotopic (exact) mass is 728 g/mol. The molecule has 1 heterocycles. The quantitative estimate of drug-likeness (QED) is 0.172. The molecule has 1 fully saturated rings. The molecule has 0 bridgehead atoms. The number of benzene rings is 2. The number of aliphatic carboxylic acids is 1. The average Bonchev–Trinajstić information content (AvgIpc) is 3.32. The summed E-state index contributed by atoms with van der Waals surface area (Å²) in [5, 5.41) is 19.7. The highest BCUT2D eigenvalue weighted by atomic mass is 35.5. The Morgan fingerprint density at radius 1 is 0.878 bits per heavy atom. The number of rotatable bonds is 11. The Morgan fingerprint density at radius 2 is 1.45 bits per heavy atom. The smallest absolute Gasteiger partial charge is 0.416 e. The molecule has 1 atom stereocenters. The van der Waals surface area contributed by atoms with Gasteiger partial charge in [0.05, 0.1) is 23.2 Å². The van der Waals surface area contributed by atoms with Crippen LogP contribution in [0, 0.1) is 25.7 Å². The first-order valence-corrected chi connectivity index (χ1v) is 15.4. The van der Waals surface area contributed by atoms with Gasteiger partial charge in [0.2, 0.25) is 0 Å². The zero-order chi connectivity index (χ0) is 35.6. The van der Waals surface area contributed by atoms with E-state index in [0.717, 1.165) is 31.7 Å². The molecule has 0 radical (unpaired) electrons. The van der Waals surface area contributed by atoms with Gasteiger partial charge in [0, 0.05) is 30.8 Å². The van der Waals surface area contributed by atoms with Gasteiger partial charge in [-0.15, -0.1) is 12.4 Å². The van der Waals surface area contributed by atoms with E-state index in [1.807, 2.05) is 6.92 Å². The van der Waals surface area contributed by atoms with Crippen LogP contribution < -0.4 is 10.6 Å². The molecule has 16 heteroatoms. The molecule has 4 rings (SSSR count). The predicted molar refractivity (Wildman–Crippen MR) is 167 cm³/mol. The van der Waals surface area contributed by atoms with Crippen molar-refractivity contribution in [3.8, 4) is 0 Å². The lowest BCUT2D eigenvalue weighted by molar-refractivity contribution is -0.143. The van der Waals surface area contributed by atoms with Crippen molar-refractivity contribution in [2.75, 3.05) is 11.9 Å². The molecular weight excluding hydrogens is 691 g/mol. The Kier molecular flexibility index (Phi) is 12.7. The molecule has 6 nitrogen and oxygen atoms in total. The molecule has 272 valence electrons. The number of nitrogens with one attached hydrogen (secondary N) is 2. The molecule has 3 aromatic rings. The number of carboxylic acid groups (broad SMARTS) is 1. The summed E-state index contributed by atoms with van der Waals surface area (Å²) in [6.07, 6.45) is -11.2. The van der Waals surface area contributed by atoms with Crippen molar-refractivity contribution in [2.45, 2.75) is 90.5 Å². The number of carboxylic acids is 1. The third-order valence-electron chi connectivity index (χ3n) is 8.82. The SMILES string of the molecule is Cc1cc(C(C)NCC2CCC(CC(=O)O)CC2)c(CNc2cc(C)n(Cc3cc(C(F)(F)F)cc(C(F)(F)F)c3)n2)cc1C(F)(F)F.Cl. The van der Waals surface area contributed by atoms with Crippen molar-refractivity contribution in [1.82, 2.24) is 15.1 Å². The maximum Gasteiger partial charge on any atom is 0.416 e. The number of aryl methyl sites for hydroxylation is 2. The molecule has 1 saturated carbocycles. The first kappa shape index (κ1) is 40.0. The summed E-state index contributed by atoms with van der Waals surface area (Å²) >= 11 is 0. The van der Waals surface area contributed by atoms with Gasteiger partial charge in [-0.05, 0) is 111 Å². The van der Waals surface area contributed by atoms with E-state index in [4.69, 9.17) is 5.11 Å². The first-order chi connectivity index (χ1) is 22.2. The summed E-state index contributed by atoms with van der Waals surface area (Å²) in [7, 11) is 0. The molecule has 1 aliphatic carbocycles. The Morgan fingerprint density at radius 3 is 1.98 bits per heavy atom. The summed E-state index contributed by atoms with van der Waals surface area (Å²) in [5.41, 5.74) is -2.59. The number of hydrogen-bond donors (Lipinski definition) is 3. The Balaban J connectivity index is 0.00000650. The Hall–Kier alpha value is -3.46. The van der Waals surface area contributed by atoms with Crippen LogP contribution in [0.4, 0.5) is 45.3 Å². The minimum absolute atomic E-state index is 0. The first-order valence-electron chi connectivity index (χ1n) is 15.4. The van der Waals surface area contributed by atoms with Crippen LogP contribution in [0.3, 0.4) is 0 Å². The Bertz CT molecular complexity index is 1560. The van der Waals surface area contributed by atoms with Crippen LogP contribution in [-0.2, 0) is 36.4 Å². The summed E-state index contributed by atoms with van der Waals surface area (Å²) in [6, 6.07) is 4.99. The van der Waals surface area contributed by atoms with E-state index in [-0.39, 0.29) is 60.3 Å². The zero-order valence-electron chi connectivity index (χ0n) is 26.9. The van der Waals surface area contributed by atoms with Gasteiger partial charge in [-0.25, -0.2) is 0 Å². The molecule has 0 aliphatic heterocycles. The number of anilines is 1. The molecule has 3 N–H and O–H groups in total. The van der Waals surface area contributed by atoms with E-state index >= 15 is 0 Å². The van der Waals surface area contributed by atoms with Crippen LogP contribution in [-0.4, -0.2) is 27.4 Å². The number of carbonyl (C=O) groups is 1. The molecule has 1 aliphatic rings. The van der Waals surface area contributed by atoms with Crippen molar-refractivity contribution in [2.24, 2.45) is 11.8 Å². The molecule has 0 amide bonds. The third kappa shape index (κ3) is 10.8. The fourth-order valence-electron chi connectivity index (χ4n) is 6.20. The van der Waals surface area contributed by atoms with E-state index in [0.29, 0.717) is 41.4 Å². The van der Waals surface area contributed by atoms with Crippen molar-refractivity contribution in [1.29, 1.82) is 0 Å². The van der Waals surface area contributed by atoms with Crippen molar-refractivity contribution >= 4 is 24.2 Å². The van der Waals surface area contributed by atoms with Crippen molar-refractivity contribution in [3.63, 3.8) is 0 Å². The summed E-state index contributed by atoms with van der Waals surface area (Å²) < 4.78 is 123. The van der Waals surface area contributed by atoms with Gasteiger partial charge in [0.1, 0.15) is 5.82 Å². The lowest BCUT2D eigenvalue weighted by Gasteiger charge is -2.29. The van der Waals surface area contributed by atoms with Crippen LogP contribution in [0.1, 0.15) is 89.7 Å². The molecule has 1 unspecified atom stereocenters. The van der Waals surface area contributed by atoms with Gasteiger partial charge in [0.15, 0.2) is 0 Å². The topological polar surface area (TPSA) is 79.2 Å². The normalized spacial score (nSPS) is 17.8. The lowest BCUT2D eigenvalue weighted by atomic mass is 9.80. The van der Waals surface area contributed by atoms with Crippen molar-refractivity contribution < 1.29 is 49.4 Å². The fourth-order valence-corrected chi connectivity index (χ4v) is 6.20. The molecule has 1 aromatic heterocycles. The average molecular weight is 729 g/mol.